The molecule has 0 aliphatic heterocycles. The van der Waals surface area contributed by atoms with Gasteiger partial charge in [0.1, 0.15) is 5.82 Å². The summed E-state index contributed by atoms with van der Waals surface area (Å²) in [7, 11) is 1.38. The predicted molar refractivity (Wildman–Crippen MR) is 125 cm³/mol. The second-order valence-corrected chi connectivity index (χ2v) is 8.31. The van der Waals surface area contributed by atoms with Gasteiger partial charge in [-0.05, 0) is 48.3 Å². The molecule has 2 N–H and O–H groups in total. The van der Waals surface area contributed by atoms with E-state index in [4.69, 9.17) is 25.6 Å². The number of aromatic nitrogens is 1. The molecule has 11 heteroatoms. The van der Waals surface area contributed by atoms with Crippen LogP contribution in [-0.2, 0) is 16.1 Å². The number of nitrogens with zero attached hydrogens (tertiary/aromatic N) is 2. The topological polar surface area (TPSA) is 114 Å². The van der Waals surface area contributed by atoms with Crippen LogP contribution < -0.4 is 10.2 Å². The van der Waals surface area contributed by atoms with Gasteiger partial charge in [-0.15, -0.1) is 0 Å². The zero-order valence-electron chi connectivity index (χ0n) is 19.3. The van der Waals surface area contributed by atoms with Crippen LogP contribution in [0.1, 0.15) is 30.0 Å². The summed E-state index contributed by atoms with van der Waals surface area (Å²) in [4.78, 5) is 24.7. The number of halogens is 2. The molecule has 0 saturated heterocycles. The van der Waals surface area contributed by atoms with Crippen molar-refractivity contribution in [3.8, 4) is 17.0 Å². The van der Waals surface area contributed by atoms with Crippen molar-refractivity contribution in [1.29, 1.82) is 0 Å². The lowest BCUT2D eigenvalue weighted by atomic mass is 10.0. The molecular formula is C24H25ClFN3O6. The van der Waals surface area contributed by atoms with E-state index in [1.165, 1.54) is 36.4 Å². The van der Waals surface area contributed by atoms with Gasteiger partial charge in [-0.3, -0.25) is 10.2 Å². The first-order valence-corrected chi connectivity index (χ1v) is 11.0. The van der Waals surface area contributed by atoms with Crippen molar-refractivity contribution < 1.29 is 33.1 Å². The molecule has 0 spiro atoms. The Hall–Kier alpha value is -3.47. The predicted octanol–water partition coefficient (Wildman–Crippen LogP) is 3.60. The fraction of sp³-hybridized carbons (Fsp3) is 0.292. The second kappa shape index (κ2) is 11.8. The van der Waals surface area contributed by atoms with Gasteiger partial charge in [-0.25, -0.2) is 14.2 Å². The molecule has 9 nitrogen and oxygen atoms in total. The van der Waals surface area contributed by atoms with E-state index in [1.807, 2.05) is 0 Å². The van der Waals surface area contributed by atoms with Gasteiger partial charge in [0.15, 0.2) is 6.10 Å². The SMILES string of the molecule is COc1cc(C(=O)NN(Cc2ccc(-c3cc(Cl)ccc3F)cc2)CC(O)C(=O)OC(C)C)on1. The molecule has 0 bridgehead atoms. The van der Waals surface area contributed by atoms with Gasteiger partial charge in [0.2, 0.25) is 5.76 Å². The van der Waals surface area contributed by atoms with Crippen LogP contribution >= 0.6 is 11.6 Å². The highest BCUT2D eigenvalue weighted by Gasteiger charge is 2.24. The molecule has 186 valence electrons. The lowest BCUT2D eigenvalue weighted by Gasteiger charge is -2.25. The van der Waals surface area contributed by atoms with Crippen LogP contribution in [0.2, 0.25) is 5.02 Å². The summed E-state index contributed by atoms with van der Waals surface area (Å²) in [5.74, 6) is -1.91. The third-order valence-electron chi connectivity index (χ3n) is 4.77. The van der Waals surface area contributed by atoms with Crippen molar-refractivity contribution in [2.45, 2.75) is 32.6 Å². The van der Waals surface area contributed by atoms with E-state index in [1.54, 1.807) is 38.1 Å². The number of hydrogen-bond donors (Lipinski definition) is 2. The maximum atomic E-state index is 14.2. The lowest BCUT2D eigenvalue weighted by Crippen LogP contribution is -2.47. The summed E-state index contributed by atoms with van der Waals surface area (Å²) in [6.45, 7) is 3.14. The largest absolute Gasteiger partial charge is 0.479 e. The third-order valence-corrected chi connectivity index (χ3v) is 5.00. The number of esters is 1. The van der Waals surface area contributed by atoms with Crippen molar-refractivity contribution >= 4 is 23.5 Å². The molecule has 35 heavy (non-hydrogen) atoms. The maximum absolute atomic E-state index is 14.2. The Kier molecular flexibility index (Phi) is 8.80. The van der Waals surface area contributed by atoms with Crippen LogP contribution in [0, 0.1) is 5.82 Å². The van der Waals surface area contributed by atoms with Gasteiger partial charge in [-0.1, -0.05) is 35.9 Å². The lowest BCUT2D eigenvalue weighted by molar-refractivity contribution is -0.158. The van der Waals surface area contributed by atoms with E-state index in [0.717, 1.165) is 0 Å². The number of benzene rings is 2. The van der Waals surface area contributed by atoms with Crippen molar-refractivity contribution in [2.24, 2.45) is 0 Å². The minimum atomic E-state index is -1.53. The number of methoxy groups -OCH3 is 1. The quantitative estimate of drug-likeness (QED) is 0.317. The third kappa shape index (κ3) is 7.25. The van der Waals surface area contributed by atoms with E-state index in [-0.39, 0.29) is 24.7 Å². The Bertz CT molecular complexity index is 1170. The van der Waals surface area contributed by atoms with Crippen LogP contribution in [-0.4, -0.2) is 53.0 Å². The minimum Gasteiger partial charge on any atom is -0.479 e. The van der Waals surface area contributed by atoms with Crippen LogP contribution in [0.4, 0.5) is 4.39 Å². The normalized spacial score (nSPS) is 12.0. The molecule has 1 unspecified atom stereocenters. The summed E-state index contributed by atoms with van der Waals surface area (Å²) in [6, 6.07) is 12.4. The number of ether oxygens (including phenoxy) is 2. The number of rotatable bonds is 10. The van der Waals surface area contributed by atoms with Crippen molar-refractivity contribution in [3.05, 3.63) is 70.7 Å². The fourth-order valence-electron chi connectivity index (χ4n) is 3.13. The van der Waals surface area contributed by atoms with E-state index < -0.39 is 29.9 Å². The Morgan fingerprint density at radius 2 is 1.91 bits per heavy atom. The second-order valence-electron chi connectivity index (χ2n) is 7.88. The minimum absolute atomic E-state index is 0.0986. The number of hydrogen-bond acceptors (Lipinski definition) is 8. The van der Waals surface area contributed by atoms with Crippen LogP contribution in [0.5, 0.6) is 5.88 Å². The first-order chi connectivity index (χ1) is 16.7. The van der Waals surface area contributed by atoms with Crippen LogP contribution in [0.3, 0.4) is 0 Å². The summed E-state index contributed by atoms with van der Waals surface area (Å²) in [5.41, 5.74) is 4.24. The number of aliphatic hydroxyl groups is 1. The molecule has 3 aromatic rings. The average Bonchev–Trinajstić information content (AvgIpc) is 3.30. The Balaban J connectivity index is 1.77. The maximum Gasteiger partial charge on any atom is 0.336 e. The summed E-state index contributed by atoms with van der Waals surface area (Å²) in [6.07, 6.45) is -1.94. The van der Waals surface area contributed by atoms with Crippen LogP contribution in [0.15, 0.2) is 53.1 Å². The Morgan fingerprint density at radius 1 is 1.20 bits per heavy atom. The van der Waals surface area contributed by atoms with Gasteiger partial charge in [-0.2, -0.15) is 0 Å². The zero-order valence-corrected chi connectivity index (χ0v) is 20.1. The van der Waals surface area contributed by atoms with Crippen molar-refractivity contribution in [2.75, 3.05) is 13.7 Å². The smallest absolute Gasteiger partial charge is 0.336 e. The van der Waals surface area contributed by atoms with E-state index in [9.17, 15) is 19.1 Å². The molecule has 1 heterocycles. The van der Waals surface area contributed by atoms with Crippen molar-refractivity contribution in [3.63, 3.8) is 0 Å². The highest BCUT2D eigenvalue weighted by molar-refractivity contribution is 6.30. The van der Waals surface area contributed by atoms with Gasteiger partial charge in [0, 0.05) is 17.1 Å². The molecule has 1 atom stereocenters. The summed E-state index contributed by atoms with van der Waals surface area (Å²) < 4.78 is 29.1. The molecule has 0 aliphatic carbocycles. The van der Waals surface area contributed by atoms with Crippen LogP contribution in [0.25, 0.3) is 11.1 Å². The zero-order chi connectivity index (χ0) is 25.5. The van der Waals surface area contributed by atoms with E-state index in [2.05, 4.69) is 10.6 Å². The molecule has 0 radical (unpaired) electrons. The fourth-order valence-corrected chi connectivity index (χ4v) is 3.31. The number of carbonyl (C=O) groups excluding carboxylic acids is 2. The molecule has 0 saturated carbocycles. The van der Waals surface area contributed by atoms with Gasteiger partial charge >= 0.3 is 11.9 Å². The van der Waals surface area contributed by atoms with Crippen molar-refractivity contribution in [1.82, 2.24) is 15.6 Å². The number of hydrazine groups is 1. The monoisotopic (exact) mass is 505 g/mol. The molecule has 1 amide bonds. The standard InChI is InChI=1S/C24H25ClFN3O6/c1-14(2)34-24(32)20(30)13-29(27-23(31)21-11-22(33-3)28-35-21)12-15-4-6-16(7-5-15)18-10-17(25)8-9-19(18)26/h4-11,14,20,30H,12-13H2,1-3H3,(H,27,31). The molecule has 3 rings (SSSR count). The Labute approximate surface area is 206 Å². The number of nitrogens with one attached hydrogen (secondary N) is 1. The molecule has 0 aliphatic rings. The van der Waals surface area contributed by atoms with E-state index >= 15 is 0 Å². The van der Waals surface area contributed by atoms with E-state index in [0.29, 0.717) is 21.7 Å². The summed E-state index contributed by atoms with van der Waals surface area (Å²) >= 11 is 5.99. The van der Waals surface area contributed by atoms with Gasteiger partial charge in [0.25, 0.3) is 5.88 Å². The number of aliphatic hydroxyl groups excluding tert-OH is 1. The average molecular weight is 506 g/mol. The molecular weight excluding hydrogens is 481 g/mol. The highest BCUT2D eigenvalue weighted by Crippen LogP contribution is 2.26. The number of amides is 1. The number of carbonyl (C=O) groups is 2. The Morgan fingerprint density at radius 3 is 2.54 bits per heavy atom. The molecule has 2 aromatic carbocycles. The molecule has 0 fully saturated rings. The first-order valence-electron chi connectivity index (χ1n) is 10.7. The summed E-state index contributed by atoms with van der Waals surface area (Å²) in [5, 5.41) is 15.6. The highest BCUT2D eigenvalue weighted by atomic mass is 35.5. The molecule has 1 aromatic heterocycles. The van der Waals surface area contributed by atoms with Gasteiger partial charge in [0.05, 0.1) is 25.8 Å². The van der Waals surface area contributed by atoms with Gasteiger partial charge < -0.3 is 19.1 Å². The first kappa shape index (κ1) is 26.1.